The Morgan fingerprint density at radius 1 is 0.875 bits per heavy atom. The molecule has 40 heavy (non-hydrogen) atoms. The quantitative estimate of drug-likeness (QED) is 0.367. The van der Waals surface area contributed by atoms with Crippen molar-refractivity contribution in [3.05, 3.63) is 69.7 Å². The number of piperidine rings is 1. The second-order valence-electron chi connectivity index (χ2n) is 10.9. The number of halogens is 2. The minimum atomic E-state index is -1.15. The molecule has 2 aromatic rings. The number of carbonyl (C=O) groups excluding carboxylic acids is 3. The Balaban J connectivity index is 1.42. The maximum absolute atomic E-state index is 13.6. The van der Waals surface area contributed by atoms with Crippen LogP contribution < -0.4 is 10.6 Å². The molecule has 0 radical (unpaired) electrons. The number of nitrogens with zero attached hydrogens (tertiary/aromatic N) is 1. The van der Waals surface area contributed by atoms with Crippen LogP contribution in [0.4, 0.5) is 0 Å². The fourth-order valence-electron chi connectivity index (χ4n) is 5.82. The molecule has 1 saturated heterocycles. The molecule has 1 heterocycles. The predicted octanol–water partition coefficient (Wildman–Crippen LogP) is 4.87. The highest BCUT2D eigenvalue weighted by atomic mass is 35.5. The third-order valence-electron chi connectivity index (χ3n) is 8.10. The average molecular weight is 589 g/mol. The van der Waals surface area contributed by atoms with E-state index in [0.29, 0.717) is 18.5 Å². The zero-order valence-corrected chi connectivity index (χ0v) is 23.8. The van der Waals surface area contributed by atoms with Crippen molar-refractivity contribution in [2.75, 3.05) is 13.1 Å². The van der Waals surface area contributed by atoms with Gasteiger partial charge in [0.05, 0.1) is 0 Å². The summed E-state index contributed by atoms with van der Waals surface area (Å²) in [4.78, 5) is 53.1. The number of hydrogen-bond donors (Lipinski definition) is 3. The van der Waals surface area contributed by atoms with Crippen molar-refractivity contribution in [2.24, 2.45) is 5.41 Å². The summed E-state index contributed by atoms with van der Waals surface area (Å²) in [6.45, 7) is 1.22. The van der Waals surface area contributed by atoms with Crippen molar-refractivity contribution < 1.29 is 24.3 Å². The Hall–Kier alpha value is -3.10. The van der Waals surface area contributed by atoms with Crippen LogP contribution in [0.5, 0.6) is 0 Å². The lowest BCUT2D eigenvalue weighted by Gasteiger charge is -2.40. The van der Waals surface area contributed by atoms with Crippen molar-refractivity contribution in [2.45, 2.75) is 69.9 Å². The lowest BCUT2D eigenvalue weighted by atomic mass is 9.77. The van der Waals surface area contributed by atoms with Gasteiger partial charge in [-0.05, 0) is 61.3 Å². The lowest BCUT2D eigenvalue weighted by Crippen LogP contribution is -2.52. The second-order valence-corrected chi connectivity index (χ2v) is 11.8. The maximum atomic E-state index is 13.6. The van der Waals surface area contributed by atoms with Gasteiger partial charge in [-0.25, -0.2) is 4.79 Å². The van der Waals surface area contributed by atoms with Crippen LogP contribution in [-0.2, 0) is 20.8 Å². The molecule has 3 N–H and O–H groups in total. The molecule has 2 aromatic carbocycles. The Bertz CT molecular complexity index is 1200. The Labute approximate surface area is 244 Å². The minimum absolute atomic E-state index is 0.0179. The fraction of sp³-hybridized carbons (Fsp3) is 0.467. The Morgan fingerprint density at radius 3 is 2.10 bits per heavy atom. The van der Waals surface area contributed by atoms with Crippen molar-refractivity contribution >= 4 is 46.9 Å². The van der Waals surface area contributed by atoms with Crippen molar-refractivity contribution in [3.63, 3.8) is 0 Å². The molecular weight excluding hydrogens is 553 g/mol. The monoisotopic (exact) mass is 587 g/mol. The van der Waals surface area contributed by atoms with Gasteiger partial charge < -0.3 is 20.6 Å². The van der Waals surface area contributed by atoms with E-state index in [2.05, 4.69) is 10.6 Å². The highest BCUT2D eigenvalue weighted by Crippen LogP contribution is 2.46. The molecule has 1 aliphatic carbocycles. The van der Waals surface area contributed by atoms with E-state index < -0.39 is 29.9 Å². The zero-order chi connectivity index (χ0) is 28.7. The number of benzene rings is 2. The number of carboxylic acids is 1. The molecular formula is C30H35Cl2N3O5. The summed E-state index contributed by atoms with van der Waals surface area (Å²) in [6.07, 6.45) is 6.72. The third-order valence-corrected chi connectivity index (χ3v) is 8.54. The van der Waals surface area contributed by atoms with Gasteiger partial charge in [-0.3, -0.25) is 14.4 Å². The first-order chi connectivity index (χ1) is 19.1. The van der Waals surface area contributed by atoms with Gasteiger partial charge in [-0.15, -0.1) is 0 Å². The van der Waals surface area contributed by atoms with Crippen LogP contribution in [0.25, 0.3) is 0 Å². The molecule has 3 amide bonds. The predicted molar refractivity (Wildman–Crippen MR) is 153 cm³/mol. The van der Waals surface area contributed by atoms with Crippen LogP contribution in [0.2, 0.25) is 10.0 Å². The Kier molecular flexibility index (Phi) is 10.1. The summed E-state index contributed by atoms with van der Waals surface area (Å²) in [5.74, 6) is -2.43. The van der Waals surface area contributed by atoms with E-state index in [4.69, 9.17) is 23.2 Å². The molecule has 1 aliphatic heterocycles. The standard InChI is InChI=1S/C30H35Cl2N3O5/c31-22-17-21(18-23(32)19-22)27(37)34-24(28(38)35-14-12-30(13-15-35)10-4-5-11-30)8-9-26(36)33-25(29(39)40)16-20-6-2-1-3-7-20/h1-3,6-7,17-19,24-25H,4-5,8-16H2,(H,33,36)(H,34,37)(H,39,40)/t24-,25-/m1/s1. The molecule has 4 rings (SSSR count). The fourth-order valence-corrected chi connectivity index (χ4v) is 6.35. The van der Waals surface area contributed by atoms with Gasteiger partial charge in [0.25, 0.3) is 5.91 Å². The number of likely N-dealkylation sites (tertiary alicyclic amines) is 1. The number of carbonyl (C=O) groups is 4. The van der Waals surface area contributed by atoms with E-state index in [-0.39, 0.29) is 40.8 Å². The number of amides is 3. The number of nitrogens with one attached hydrogen (secondary N) is 2. The van der Waals surface area contributed by atoms with Gasteiger partial charge in [-0.2, -0.15) is 0 Å². The van der Waals surface area contributed by atoms with Crippen molar-refractivity contribution in [1.29, 1.82) is 0 Å². The van der Waals surface area contributed by atoms with Gasteiger partial charge in [0, 0.05) is 41.5 Å². The summed E-state index contributed by atoms with van der Waals surface area (Å²) in [6, 6.07) is 11.4. The number of rotatable bonds is 10. The normalized spacial score (nSPS) is 17.7. The SMILES string of the molecule is O=C(CC[C@@H](NC(=O)c1cc(Cl)cc(Cl)c1)C(=O)N1CCC2(CCCC2)CC1)N[C@H](Cc1ccccc1)C(=O)O. The molecule has 8 nitrogen and oxygen atoms in total. The Morgan fingerprint density at radius 2 is 1.50 bits per heavy atom. The van der Waals surface area contributed by atoms with E-state index in [1.807, 2.05) is 6.07 Å². The first kappa shape index (κ1) is 29.9. The van der Waals surface area contributed by atoms with Gasteiger partial charge in [-0.1, -0.05) is 66.4 Å². The van der Waals surface area contributed by atoms with E-state index in [1.165, 1.54) is 43.9 Å². The first-order valence-electron chi connectivity index (χ1n) is 13.8. The van der Waals surface area contributed by atoms with Gasteiger partial charge >= 0.3 is 5.97 Å². The molecule has 1 saturated carbocycles. The molecule has 2 aliphatic rings. The van der Waals surface area contributed by atoms with Crippen LogP contribution in [0.1, 0.15) is 67.3 Å². The van der Waals surface area contributed by atoms with Crippen LogP contribution in [0.15, 0.2) is 48.5 Å². The van der Waals surface area contributed by atoms with Crippen molar-refractivity contribution in [3.8, 4) is 0 Å². The molecule has 10 heteroatoms. The summed E-state index contributed by atoms with van der Waals surface area (Å²) >= 11 is 12.1. The van der Waals surface area contributed by atoms with Crippen LogP contribution in [-0.4, -0.2) is 58.9 Å². The third kappa shape index (κ3) is 7.98. The van der Waals surface area contributed by atoms with E-state index in [0.717, 1.165) is 18.4 Å². The molecule has 214 valence electrons. The zero-order valence-electron chi connectivity index (χ0n) is 22.3. The summed E-state index contributed by atoms with van der Waals surface area (Å²) in [7, 11) is 0. The molecule has 1 spiro atoms. The topological polar surface area (TPSA) is 116 Å². The lowest BCUT2D eigenvalue weighted by molar-refractivity contribution is -0.142. The van der Waals surface area contributed by atoms with Crippen molar-refractivity contribution in [1.82, 2.24) is 15.5 Å². The molecule has 0 bridgehead atoms. The first-order valence-corrected chi connectivity index (χ1v) is 14.5. The minimum Gasteiger partial charge on any atom is -0.480 e. The number of hydrogen-bond acceptors (Lipinski definition) is 4. The summed E-state index contributed by atoms with van der Waals surface area (Å²) in [5, 5.41) is 15.6. The second kappa shape index (κ2) is 13.5. The maximum Gasteiger partial charge on any atom is 0.326 e. The largest absolute Gasteiger partial charge is 0.480 e. The molecule has 2 atom stereocenters. The average Bonchev–Trinajstić information content (AvgIpc) is 3.38. The summed E-state index contributed by atoms with van der Waals surface area (Å²) < 4.78 is 0. The van der Waals surface area contributed by atoms with Crippen LogP contribution in [0.3, 0.4) is 0 Å². The van der Waals surface area contributed by atoms with E-state index >= 15 is 0 Å². The van der Waals surface area contributed by atoms with E-state index in [1.54, 1.807) is 29.2 Å². The number of carboxylic acid groups (broad SMARTS) is 1. The highest BCUT2D eigenvalue weighted by molar-refractivity contribution is 6.35. The van der Waals surface area contributed by atoms with Gasteiger partial charge in [0.2, 0.25) is 11.8 Å². The highest BCUT2D eigenvalue weighted by Gasteiger charge is 2.39. The number of aliphatic carboxylic acids is 1. The summed E-state index contributed by atoms with van der Waals surface area (Å²) in [5.41, 5.74) is 1.30. The van der Waals surface area contributed by atoms with Gasteiger partial charge in [0.1, 0.15) is 12.1 Å². The van der Waals surface area contributed by atoms with Crippen LogP contribution >= 0.6 is 23.2 Å². The molecule has 2 fully saturated rings. The molecule has 0 unspecified atom stereocenters. The smallest absolute Gasteiger partial charge is 0.326 e. The van der Waals surface area contributed by atoms with Gasteiger partial charge in [0.15, 0.2) is 0 Å². The molecule has 0 aromatic heterocycles. The van der Waals surface area contributed by atoms with Crippen LogP contribution in [0, 0.1) is 5.41 Å². The van der Waals surface area contributed by atoms with E-state index in [9.17, 15) is 24.3 Å².